The van der Waals surface area contributed by atoms with Crippen molar-refractivity contribution < 1.29 is 14.3 Å². The van der Waals surface area contributed by atoms with Crippen molar-refractivity contribution in [3.8, 4) is 0 Å². The molecule has 0 aliphatic carbocycles. The fraction of sp³-hybridized carbons (Fsp3) is 0.263. The van der Waals surface area contributed by atoms with E-state index in [-0.39, 0.29) is 0 Å². The molecule has 8 heteroatoms. The minimum Gasteiger partial charge on any atom is -0.462 e. The van der Waals surface area contributed by atoms with E-state index >= 15 is 0 Å². The number of fused-ring (bicyclic) bond motifs is 1. The number of carbonyl (C=O) groups is 2. The molecule has 3 N–H and O–H groups in total. The van der Waals surface area contributed by atoms with Crippen LogP contribution >= 0.6 is 11.3 Å². The van der Waals surface area contributed by atoms with Crippen LogP contribution in [0.2, 0.25) is 0 Å². The average Bonchev–Trinajstić information content (AvgIpc) is 2.96. The summed E-state index contributed by atoms with van der Waals surface area (Å²) >= 11 is 1.25. The van der Waals surface area contributed by atoms with Gasteiger partial charge in [0.25, 0.3) is 0 Å². The number of nitrogens with two attached hydrogens (primary N) is 1. The molecule has 1 aromatic carbocycles. The van der Waals surface area contributed by atoms with E-state index in [2.05, 4.69) is 15.3 Å². The van der Waals surface area contributed by atoms with E-state index in [9.17, 15) is 9.59 Å². The van der Waals surface area contributed by atoms with Crippen LogP contribution in [0.3, 0.4) is 0 Å². The van der Waals surface area contributed by atoms with Gasteiger partial charge in [0.15, 0.2) is 0 Å². The number of anilines is 1. The van der Waals surface area contributed by atoms with E-state index in [0.717, 1.165) is 5.56 Å². The summed E-state index contributed by atoms with van der Waals surface area (Å²) in [5, 5.41) is 3.82. The number of thiophene rings is 1. The van der Waals surface area contributed by atoms with Gasteiger partial charge in [0.1, 0.15) is 27.4 Å². The summed E-state index contributed by atoms with van der Waals surface area (Å²) in [6, 6.07) is 8.42. The lowest BCUT2D eigenvalue weighted by molar-refractivity contribution is -0.118. The molecule has 0 saturated carbocycles. The highest BCUT2D eigenvalue weighted by atomic mass is 32.1. The summed E-state index contributed by atoms with van der Waals surface area (Å²) < 4.78 is 5.13. The lowest BCUT2D eigenvalue weighted by Gasteiger charge is -2.17. The third kappa shape index (κ3) is 3.75. The molecule has 0 unspecified atom stereocenters. The number of amides is 1. The molecule has 27 heavy (non-hydrogen) atoms. The smallest absolute Gasteiger partial charge is 0.348 e. The van der Waals surface area contributed by atoms with Crippen LogP contribution < -0.4 is 11.1 Å². The molecule has 2 aromatic heterocycles. The van der Waals surface area contributed by atoms with Gasteiger partial charge in [-0.25, -0.2) is 14.8 Å². The van der Waals surface area contributed by atoms with Crippen molar-refractivity contribution in [2.45, 2.75) is 26.8 Å². The summed E-state index contributed by atoms with van der Waals surface area (Å²) in [7, 11) is 0. The van der Waals surface area contributed by atoms with Gasteiger partial charge < -0.3 is 15.8 Å². The van der Waals surface area contributed by atoms with Gasteiger partial charge in [-0.15, -0.1) is 11.3 Å². The van der Waals surface area contributed by atoms with Crippen molar-refractivity contribution in [3.05, 3.63) is 52.2 Å². The molecule has 0 saturated heterocycles. The van der Waals surface area contributed by atoms with E-state index in [1.165, 1.54) is 11.3 Å². The number of aromatic nitrogens is 2. The van der Waals surface area contributed by atoms with Gasteiger partial charge in [-0.1, -0.05) is 30.3 Å². The van der Waals surface area contributed by atoms with Crippen LogP contribution in [0.25, 0.3) is 10.2 Å². The maximum atomic E-state index is 12.2. The zero-order chi connectivity index (χ0) is 19.6. The van der Waals surface area contributed by atoms with Gasteiger partial charge in [0, 0.05) is 0 Å². The molecule has 0 aliphatic heterocycles. The molecule has 0 fully saturated rings. The molecule has 0 radical (unpaired) electrons. The Labute approximate surface area is 160 Å². The van der Waals surface area contributed by atoms with E-state index in [4.69, 9.17) is 10.5 Å². The number of esters is 1. The number of primary amides is 1. The number of nitrogens with zero attached hydrogens (tertiary/aromatic N) is 2. The highest BCUT2D eigenvalue weighted by Crippen LogP contribution is 2.35. The molecule has 0 aliphatic rings. The Morgan fingerprint density at radius 1 is 1.22 bits per heavy atom. The van der Waals surface area contributed by atoms with Crippen LogP contribution in [0.15, 0.2) is 30.3 Å². The SMILES string of the molecule is CCOC(=O)c1sc2nc(C)nc(N[C@@H](C(N)=O)c3ccccc3)c2c1C. The molecule has 3 aromatic rings. The maximum Gasteiger partial charge on any atom is 0.348 e. The number of carbonyl (C=O) groups excluding carboxylic acids is 2. The molecule has 2 heterocycles. The Kier molecular flexibility index (Phi) is 5.36. The van der Waals surface area contributed by atoms with E-state index < -0.39 is 17.9 Å². The van der Waals surface area contributed by atoms with Gasteiger partial charge in [0.2, 0.25) is 5.91 Å². The van der Waals surface area contributed by atoms with Crippen molar-refractivity contribution in [2.75, 3.05) is 11.9 Å². The summed E-state index contributed by atoms with van der Waals surface area (Å²) in [6.07, 6.45) is 0. The first-order valence-corrected chi connectivity index (χ1v) is 9.29. The van der Waals surface area contributed by atoms with Crippen LogP contribution in [0.1, 0.15) is 39.6 Å². The number of rotatable bonds is 6. The standard InChI is InChI=1S/C19H20N4O3S/c1-4-26-19(25)15-10(2)13-17(21-11(3)22-18(13)27-15)23-14(16(20)24)12-8-6-5-7-9-12/h5-9,14H,4H2,1-3H3,(H2,20,24)(H,21,22,23)/t14-/m1/s1. The van der Waals surface area contributed by atoms with Gasteiger partial charge in [-0.3, -0.25) is 4.79 Å². The summed E-state index contributed by atoms with van der Waals surface area (Å²) in [5.74, 6) is 0.0765. The Hall–Kier alpha value is -3.00. The van der Waals surface area contributed by atoms with Gasteiger partial charge in [-0.2, -0.15) is 0 Å². The summed E-state index contributed by atoms with van der Waals surface area (Å²) in [6.45, 7) is 5.62. The predicted molar refractivity (Wildman–Crippen MR) is 105 cm³/mol. The normalized spacial score (nSPS) is 12.0. The van der Waals surface area contributed by atoms with Crippen molar-refractivity contribution >= 4 is 39.2 Å². The van der Waals surface area contributed by atoms with Crippen LogP contribution in [-0.4, -0.2) is 28.5 Å². The molecule has 140 valence electrons. The fourth-order valence-corrected chi connectivity index (χ4v) is 3.96. The minimum atomic E-state index is -0.756. The second-order valence-corrected chi connectivity index (χ2v) is 6.97. The third-order valence-corrected chi connectivity index (χ3v) is 5.23. The van der Waals surface area contributed by atoms with Crippen LogP contribution in [0, 0.1) is 13.8 Å². The quantitative estimate of drug-likeness (QED) is 0.632. The maximum absolute atomic E-state index is 12.2. The molecule has 0 spiro atoms. The zero-order valence-electron chi connectivity index (χ0n) is 15.3. The molecule has 3 rings (SSSR count). The topological polar surface area (TPSA) is 107 Å². The Balaban J connectivity index is 2.10. The average molecular weight is 384 g/mol. The van der Waals surface area contributed by atoms with Crippen molar-refractivity contribution in [1.29, 1.82) is 0 Å². The van der Waals surface area contributed by atoms with Crippen LogP contribution in [0.4, 0.5) is 5.82 Å². The Morgan fingerprint density at radius 2 is 1.93 bits per heavy atom. The molecule has 0 bridgehead atoms. The number of aryl methyl sites for hydroxylation is 2. The van der Waals surface area contributed by atoms with E-state index in [1.54, 1.807) is 13.8 Å². The van der Waals surface area contributed by atoms with Gasteiger partial charge in [0.05, 0.1) is 12.0 Å². The van der Waals surface area contributed by atoms with Gasteiger partial charge >= 0.3 is 5.97 Å². The predicted octanol–water partition coefficient (Wildman–Crippen LogP) is 3.12. The molecule has 1 amide bonds. The molecule has 1 atom stereocenters. The van der Waals surface area contributed by atoms with Gasteiger partial charge in [-0.05, 0) is 31.9 Å². The van der Waals surface area contributed by atoms with E-state index in [0.29, 0.717) is 38.9 Å². The largest absolute Gasteiger partial charge is 0.462 e. The lowest BCUT2D eigenvalue weighted by atomic mass is 10.1. The third-order valence-electron chi connectivity index (χ3n) is 4.06. The molecular weight excluding hydrogens is 364 g/mol. The number of ether oxygens (including phenoxy) is 1. The van der Waals surface area contributed by atoms with Crippen LogP contribution in [-0.2, 0) is 9.53 Å². The number of benzene rings is 1. The van der Waals surface area contributed by atoms with Crippen molar-refractivity contribution in [1.82, 2.24) is 9.97 Å². The summed E-state index contributed by atoms with van der Waals surface area (Å²) in [5.41, 5.74) is 7.06. The zero-order valence-corrected chi connectivity index (χ0v) is 16.1. The van der Waals surface area contributed by atoms with E-state index in [1.807, 2.05) is 37.3 Å². The minimum absolute atomic E-state index is 0.292. The monoisotopic (exact) mass is 384 g/mol. The first kappa shape index (κ1) is 18.8. The second kappa shape index (κ2) is 7.71. The number of hydrogen-bond donors (Lipinski definition) is 2. The first-order chi connectivity index (χ1) is 12.9. The van der Waals surface area contributed by atoms with Crippen molar-refractivity contribution in [3.63, 3.8) is 0 Å². The lowest BCUT2D eigenvalue weighted by Crippen LogP contribution is -2.28. The second-order valence-electron chi connectivity index (χ2n) is 5.97. The molecule has 7 nitrogen and oxygen atoms in total. The Bertz CT molecular complexity index is 1000. The highest BCUT2D eigenvalue weighted by Gasteiger charge is 2.24. The number of hydrogen-bond acceptors (Lipinski definition) is 7. The van der Waals surface area contributed by atoms with Crippen LogP contribution in [0.5, 0.6) is 0 Å². The number of nitrogens with one attached hydrogen (secondary N) is 1. The highest BCUT2D eigenvalue weighted by molar-refractivity contribution is 7.20. The summed E-state index contributed by atoms with van der Waals surface area (Å²) in [4.78, 5) is 34.3. The fourth-order valence-electron chi connectivity index (χ4n) is 2.84. The first-order valence-electron chi connectivity index (χ1n) is 8.48. The van der Waals surface area contributed by atoms with Crippen molar-refractivity contribution in [2.24, 2.45) is 5.73 Å². The Morgan fingerprint density at radius 3 is 2.56 bits per heavy atom. The molecular formula is C19H20N4O3S.